The molecule has 0 aromatic rings. The van der Waals surface area contributed by atoms with Crippen LogP contribution < -0.4 is 0 Å². The normalized spacial score (nSPS) is 18.6. The molecule has 1 rings (SSSR count). The van der Waals surface area contributed by atoms with Crippen LogP contribution in [0.4, 0.5) is 0 Å². The lowest BCUT2D eigenvalue weighted by atomic mass is 9.94. The molecule has 0 unspecified atom stereocenters. The van der Waals surface area contributed by atoms with Gasteiger partial charge < -0.3 is 9.84 Å². The summed E-state index contributed by atoms with van der Waals surface area (Å²) in [6.45, 7) is 6.94. The fourth-order valence-corrected chi connectivity index (χ4v) is 2.46. The van der Waals surface area contributed by atoms with Gasteiger partial charge in [0, 0.05) is 19.1 Å². The molecule has 1 saturated carbocycles. The SMILES string of the molecule is CC(C)OCCN(CCO)C1CCCCC1. The van der Waals surface area contributed by atoms with E-state index in [0.29, 0.717) is 12.1 Å². The van der Waals surface area contributed by atoms with Gasteiger partial charge in [-0.2, -0.15) is 0 Å². The zero-order chi connectivity index (χ0) is 11.8. The van der Waals surface area contributed by atoms with E-state index in [1.54, 1.807) is 0 Å². The van der Waals surface area contributed by atoms with Gasteiger partial charge in [0.25, 0.3) is 0 Å². The summed E-state index contributed by atoms with van der Waals surface area (Å²) in [5.74, 6) is 0. The molecule has 0 radical (unpaired) electrons. The predicted molar refractivity (Wildman–Crippen MR) is 66.6 cm³/mol. The minimum absolute atomic E-state index is 0.262. The van der Waals surface area contributed by atoms with E-state index in [-0.39, 0.29) is 6.61 Å². The van der Waals surface area contributed by atoms with Crippen molar-refractivity contribution in [2.75, 3.05) is 26.3 Å². The summed E-state index contributed by atoms with van der Waals surface area (Å²) in [6, 6.07) is 0.677. The van der Waals surface area contributed by atoms with Crippen molar-refractivity contribution >= 4 is 0 Å². The molecule has 0 aromatic heterocycles. The van der Waals surface area contributed by atoms with Gasteiger partial charge in [0.1, 0.15) is 0 Å². The number of nitrogens with zero attached hydrogens (tertiary/aromatic N) is 1. The van der Waals surface area contributed by atoms with Gasteiger partial charge in [-0.1, -0.05) is 19.3 Å². The molecule has 3 heteroatoms. The average molecular weight is 229 g/mol. The first-order chi connectivity index (χ1) is 7.74. The molecule has 1 N–H and O–H groups in total. The second-order valence-corrected chi connectivity index (χ2v) is 4.97. The van der Waals surface area contributed by atoms with Crippen molar-refractivity contribution < 1.29 is 9.84 Å². The number of hydrogen-bond acceptors (Lipinski definition) is 3. The first kappa shape index (κ1) is 13.9. The van der Waals surface area contributed by atoms with Crippen molar-refractivity contribution in [1.29, 1.82) is 0 Å². The van der Waals surface area contributed by atoms with Crippen LogP contribution in [0, 0.1) is 0 Å². The number of hydrogen-bond donors (Lipinski definition) is 1. The molecular formula is C13H27NO2. The highest BCUT2D eigenvalue weighted by Crippen LogP contribution is 2.22. The molecular weight excluding hydrogens is 202 g/mol. The van der Waals surface area contributed by atoms with Crippen LogP contribution in [0.5, 0.6) is 0 Å². The van der Waals surface area contributed by atoms with E-state index >= 15 is 0 Å². The van der Waals surface area contributed by atoms with Crippen molar-refractivity contribution in [2.24, 2.45) is 0 Å². The topological polar surface area (TPSA) is 32.7 Å². The quantitative estimate of drug-likeness (QED) is 0.725. The van der Waals surface area contributed by atoms with E-state index in [1.807, 2.05) is 0 Å². The summed E-state index contributed by atoms with van der Waals surface area (Å²) in [6.07, 6.45) is 6.97. The Labute approximate surface area is 99.8 Å². The number of rotatable bonds is 7. The lowest BCUT2D eigenvalue weighted by molar-refractivity contribution is 0.0373. The minimum atomic E-state index is 0.262. The van der Waals surface area contributed by atoms with Gasteiger partial charge >= 0.3 is 0 Å². The maximum atomic E-state index is 9.09. The third-order valence-electron chi connectivity index (χ3n) is 3.31. The molecule has 1 aliphatic carbocycles. The molecule has 0 bridgehead atoms. The van der Waals surface area contributed by atoms with Crippen LogP contribution in [-0.2, 0) is 4.74 Å². The fourth-order valence-electron chi connectivity index (χ4n) is 2.46. The molecule has 96 valence electrons. The van der Waals surface area contributed by atoms with Crippen molar-refractivity contribution in [3.05, 3.63) is 0 Å². The Morgan fingerprint density at radius 2 is 1.88 bits per heavy atom. The Balaban J connectivity index is 2.27. The molecule has 0 saturated heterocycles. The van der Waals surface area contributed by atoms with Crippen LogP contribution in [-0.4, -0.2) is 48.5 Å². The van der Waals surface area contributed by atoms with Gasteiger partial charge in [0.2, 0.25) is 0 Å². The van der Waals surface area contributed by atoms with Gasteiger partial charge in [-0.3, -0.25) is 4.90 Å². The highest BCUT2D eigenvalue weighted by molar-refractivity contribution is 4.75. The molecule has 0 amide bonds. The third-order valence-corrected chi connectivity index (χ3v) is 3.31. The molecule has 0 aromatic carbocycles. The molecule has 16 heavy (non-hydrogen) atoms. The van der Waals surface area contributed by atoms with Crippen molar-refractivity contribution in [3.8, 4) is 0 Å². The maximum absolute atomic E-state index is 9.09. The van der Waals surface area contributed by atoms with Crippen LogP contribution in [0.3, 0.4) is 0 Å². The van der Waals surface area contributed by atoms with Crippen LogP contribution in [0.2, 0.25) is 0 Å². The first-order valence-electron chi connectivity index (χ1n) is 6.70. The lowest BCUT2D eigenvalue weighted by Gasteiger charge is -2.34. The van der Waals surface area contributed by atoms with Crippen molar-refractivity contribution in [2.45, 2.75) is 58.1 Å². The highest BCUT2D eigenvalue weighted by Gasteiger charge is 2.20. The van der Waals surface area contributed by atoms with Gasteiger partial charge in [0.15, 0.2) is 0 Å². The molecule has 1 fully saturated rings. The van der Waals surface area contributed by atoms with Crippen LogP contribution in [0.15, 0.2) is 0 Å². The summed E-state index contributed by atoms with van der Waals surface area (Å²) in [4.78, 5) is 2.40. The Hall–Kier alpha value is -0.120. The lowest BCUT2D eigenvalue weighted by Crippen LogP contribution is -2.41. The highest BCUT2D eigenvalue weighted by atomic mass is 16.5. The second-order valence-electron chi connectivity index (χ2n) is 4.97. The van der Waals surface area contributed by atoms with E-state index in [9.17, 15) is 0 Å². The summed E-state index contributed by atoms with van der Waals surface area (Å²) in [5, 5.41) is 9.09. The van der Waals surface area contributed by atoms with Gasteiger partial charge in [-0.25, -0.2) is 0 Å². The van der Waals surface area contributed by atoms with Crippen molar-refractivity contribution in [1.82, 2.24) is 4.90 Å². The summed E-state index contributed by atoms with van der Waals surface area (Å²) >= 11 is 0. The molecule has 0 heterocycles. The zero-order valence-corrected chi connectivity index (χ0v) is 10.8. The smallest absolute Gasteiger partial charge is 0.0597 e. The average Bonchev–Trinajstić information content (AvgIpc) is 2.29. The molecule has 3 nitrogen and oxygen atoms in total. The monoisotopic (exact) mass is 229 g/mol. The summed E-state index contributed by atoms with van der Waals surface area (Å²) in [7, 11) is 0. The largest absolute Gasteiger partial charge is 0.395 e. The van der Waals surface area contributed by atoms with E-state index in [4.69, 9.17) is 9.84 Å². The summed E-state index contributed by atoms with van der Waals surface area (Å²) in [5.41, 5.74) is 0. The standard InChI is InChI=1S/C13H27NO2/c1-12(2)16-11-9-14(8-10-15)13-6-4-3-5-7-13/h12-13,15H,3-11H2,1-2H3. The number of aliphatic hydroxyl groups is 1. The maximum Gasteiger partial charge on any atom is 0.0597 e. The van der Waals surface area contributed by atoms with Gasteiger partial charge in [0.05, 0.1) is 19.3 Å². The molecule has 0 spiro atoms. The number of ether oxygens (including phenoxy) is 1. The number of aliphatic hydroxyl groups excluding tert-OH is 1. The molecule has 1 aliphatic rings. The molecule has 0 atom stereocenters. The van der Waals surface area contributed by atoms with E-state index < -0.39 is 0 Å². The molecule has 0 aliphatic heterocycles. The van der Waals surface area contributed by atoms with Crippen LogP contribution >= 0.6 is 0 Å². The van der Waals surface area contributed by atoms with Crippen LogP contribution in [0.25, 0.3) is 0 Å². The zero-order valence-electron chi connectivity index (χ0n) is 10.8. The Kier molecular flexibility index (Phi) is 7.01. The Bertz CT molecular complexity index is 167. The second kappa shape index (κ2) is 8.04. The fraction of sp³-hybridized carbons (Fsp3) is 1.00. The third kappa shape index (κ3) is 5.28. The van der Waals surface area contributed by atoms with Crippen LogP contribution in [0.1, 0.15) is 46.0 Å². The van der Waals surface area contributed by atoms with Gasteiger partial charge in [-0.15, -0.1) is 0 Å². The predicted octanol–water partition coefficient (Wildman–Crippen LogP) is 2.04. The van der Waals surface area contributed by atoms with Gasteiger partial charge in [-0.05, 0) is 26.7 Å². The first-order valence-corrected chi connectivity index (χ1v) is 6.70. The van der Waals surface area contributed by atoms with E-state index in [0.717, 1.165) is 19.7 Å². The van der Waals surface area contributed by atoms with Crippen molar-refractivity contribution in [3.63, 3.8) is 0 Å². The minimum Gasteiger partial charge on any atom is -0.395 e. The Morgan fingerprint density at radius 1 is 1.19 bits per heavy atom. The Morgan fingerprint density at radius 3 is 2.44 bits per heavy atom. The van der Waals surface area contributed by atoms with E-state index in [2.05, 4.69) is 18.7 Å². The van der Waals surface area contributed by atoms with E-state index in [1.165, 1.54) is 32.1 Å². The summed E-state index contributed by atoms with van der Waals surface area (Å²) < 4.78 is 5.59.